The van der Waals surface area contributed by atoms with Gasteiger partial charge in [0.1, 0.15) is 13.2 Å². The molecule has 0 N–H and O–H groups in total. The first-order valence-electron chi connectivity index (χ1n) is 37.8. The van der Waals surface area contributed by atoms with Crippen LogP contribution in [0.25, 0.3) is 0 Å². The van der Waals surface area contributed by atoms with Crippen molar-refractivity contribution in [1.29, 1.82) is 0 Å². The van der Waals surface area contributed by atoms with E-state index in [4.69, 9.17) is 14.2 Å². The minimum Gasteiger partial charge on any atom is -0.462 e. The molecule has 0 saturated heterocycles. The third kappa shape index (κ3) is 70.5. The Morgan fingerprint density at radius 1 is 0.241 bits per heavy atom. The molecule has 0 aliphatic carbocycles. The minimum atomic E-state index is -0.766. The van der Waals surface area contributed by atoms with Crippen LogP contribution in [0.15, 0.2) is 24.3 Å². The van der Waals surface area contributed by atoms with Gasteiger partial charge in [0.25, 0.3) is 0 Å². The molecule has 6 heteroatoms. The number of hydrogen-bond donors (Lipinski definition) is 0. The van der Waals surface area contributed by atoms with E-state index in [9.17, 15) is 14.4 Å². The normalized spacial score (nSPS) is 12.1. The van der Waals surface area contributed by atoms with E-state index in [-0.39, 0.29) is 31.1 Å². The maximum Gasteiger partial charge on any atom is 0.306 e. The smallest absolute Gasteiger partial charge is 0.306 e. The molecule has 0 radical (unpaired) electrons. The van der Waals surface area contributed by atoms with E-state index in [0.29, 0.717) is 19.3 Å². The van der Waals surface area contributed by atoms with E-state index in [0.717, 1.165) is 64.2 Å². The van der Waals surface area contributed by atoms with Crippen molar-refractivity contribution in [3.05, 3.63) is 24.3 Å². The summed E-state index contributed by atoms with van der Waals surface area (Å²) in [6.45, 7) is 6.69. The molecule has 83 heavy (non-hydrogen) atoms. The molecule has 1 unspecified atom stereocenters. The van der Waals surface area contributed by atoms with Crippen molar-refractivity contribution < 1.29 is 28.6 Å². The molecule has 0 amide bonds. The monoisotopic (exact) mass is 1170 g/mol. The Labute approximate surface area is 519 Å². The van der Waals surface area contributed by atoms with Crippen molar-refractivity contribution in [2.24, 2.45) is 0 Å². The SMILES string of the molecule is CCCCCCC/C=C\C/C=C\CCCCCCCCCCCCCCCCCCCC(=O)OCC(COC(=O)CCCCCCCCCC)OC(=O)CCCCCCCCCCCCCCCCCCCCCCCCCCCCCC. The summed E-state index contributed by atoms with van der Waals surface area (Å²) in [7, 11) is 0. The van der Waals surface area contributed by atoms with Gasteiger partial charge in [0.2, 0.25) is 0 Å². The van der Waals surface area contributed by atoms with Gasteiger partial charge < -0.3 is 14.2 Å². The van der Waals surface area contributed by atoms with Gasteiger partial charge in [0, 0.05) is 19.3 Å². The van der Waals surface area contributed by atoms with Crippen LogP contribution in [0, 0.1) is 0 Å². The molecular weight excluding hydrogens is 1020 g/mol. The Morgan fingerprint density at radius 2 is 0.434 bits per heavy atom. The molecule has 490 valence electrons. The van der Waals surface area contributed by atoms with Crippen LogP contribution in [0.5, 0.6) is 0 Å². The standard InChI is InChI=1S/C77H146O6/c1-4-7-10-13-16-19-21-23-25-27-29-31-33-35-37-39-41-42-44-46-48-50-52-54-56-58-61-64-67-70-76(79)82-73-74(72-81-75(78)69-66-63-60-18-15-12-9-6-3)83-77(80)71-68-65-62-59-57-55-53-51-49-47-45-43-40-38-36-34-32-30-28-26-24-22-20-17-14-11-8-5-2/h21,23,27,29,74H,4-20,22,24-26,28,30-73H2,1-3H3/b23-21-,29-27-. The number of allylic oxidation sites excluding steroid dienone is 4. The maximum absolute atomic E-state index is 12.9. The second-order valence-corrected chi connectivity index (χ2v) is 25.9. The summed E-state index contributed by atoms with van der Waals surface area (Å²) in [6.07, 6.45) is 89.7. The second-order valence-electron chi connectivity index (χ2n) is 25.9. The Morgan fingerprint density at radius 3 is 0.663 bits per heavy atom. The molecular formula is C77H146O6. The molecule has 0 aromatic rings. The number of esters is 3. The van der Waals surface area contributed by atoms with Crippen LogP contribution in [0.2, 0.25) is 0 Å². The van der Waals surface area contributed by atoms with Crippen LogP contribution < -0.4 is 0 Å². The van der Waals surface area contributed by atoms with Crippen molar-refractivity contribution >= 4 is 17.9 Å². The molecule has 0 fully saturated rings. The molecule has 0 heterocycles. The Kier molecular flexibility index (Phi) is 70.5. The fraction of sp³-hybridized carbons (Fsp3) is 0.909. The number of unbranched alkanes of at least 4 members (excludes halogenated alkanes) is 56. The molecule has 0 aromatic heterocycles. The second kappa shape index (κ2) is 72.4. The lowest BCUT2D eigenvalue weighted by Crippen LogP contribution is -2.30. The summed E-state index contributed by atoms with van der Waals surface area (Å²) in [5, 5.41) is 0. The van der Waals surface area contributed by atoms with Crippen molar-refractivity contribution in [3.63, 3.8) is 0 Å². The average molecular weight is 1170 g/mol. The Bertz CT molecular complexity index is 1340. The Hall–Kier alpha value is -2.11. The number of carbonyl (C=O) groups is 3. The van der Waals surface area contributed by atoms with E-state index in [1.807, 2.05) is 0 Å². The summed E-state index contributed by atoms with van der Waals surface area (Å²) < 4.78 is 17.0. The van der Waals surface area contributed by atoms with Crippen LogP contribution in [-0.2, 0) is 28.6 Å². The Balaban J connectivity index is 4.01. The van der Waals surface area contributed by atoms with E-state index in [1.165, 1.54) is 327 Å². The predicted molar refractivity (Wildman–Crippen MR) is 363 cm³/mol. The summed E-state index contributed by atoms with van der Waals surface area (Å²) in [5.41, 5.74) is 0. The van der Waals surface area contributed by atoms with Gasteiger partial charge in [-0.1, -0.05) is 385 Å². The van der Waals surface area contributed by atoms with E-state index < -0.39 is 6.10 Å². The summed E-state index contributed by atoms with van der Waals surface area (Å²) >= 11 is 0. The first-order chi connectivity index (χ1) is 41.0. The van der Waals surface area contributed by atoms with E-state index in [2.05, 4.69) is 45.1 Å². The van der Waals surface area contributed by atoms with E-state index >= 15 is 0 Å². The lowest BCUT2D eigenvalue weighted by molar-refractivity contribution is -0.167. The summed E-state index contributed by atoms with van der Waals surface area (Å²) in [6, 6.07) is 0. The fourth-order valence-corrected chi connectivity index (χ4v) is 11.8. The van der Waals surface area contributed by atoms with Crippen LogP contribution in [0.3, 0.4) is 0 Å². The van der Waals surface area contributed by atoms with Crippen LogP contribution >= 0.6 is 0 Å². The van der Waals surface area contributed by atoms with Crippen molar-refractivity contribution in [2.45, 2.75) is 438 Å². The minimum absolute atomic E-state index is 0.0640. The van der Waals surface area contributed by atoms with E-state index in [1.54, 1.807) is 0 Å². The average Bonchev–Trinajstić information content (AvgIpc) is 3.49. The molecule has 0 bridgehead atoms. The molecule has 0 spiro atoms. The van der Waals surface area contributed by atoms with Gasteiger partial charge in [-0.25, -0.2) is 0 Å². The topological polar surface area (TPSA) is 78.9 Å². The molecule has 0 saturated carbocycles. The zero-order valence-corrected chi connectivity index (χ0v) is 56.5. The van der Waals surface area contributed by atoms with Crippen LogP contribution in [0.1, 0.15) is 432 Å². The lowest BCUT2D eigenvalue weighted by atomic mass is 10.0. The maximum atomic E-state index is 12.9. The molecule has 0 aromatic carbocycles. The quantitative estimate of drug-likeness (QED) is 0.0261. The summed E-state index contributed by atoms with van der Waals surface area (Å²) in [4.78, 5) is 38.3. The van der Waals surface area contributed by atoms with Gasteiger partial charge in [0.05, 0.1) is 0 Å². The van der Waals surface area contributed by atoms with Gasteiger partial charge in [0.15, 0.2) is 6.10 Å². The molecule has 0 aliphatic rings. The zero-order valence-electron chi connectivity index (χ0n) is 56.5. The highest BCUT2D eigenvalue weighted by atomic mass is 16.6. The molecule has 6 nitrogen and oxygen atoms in total. The largest absolute Gasteiger partial charge is 0.462 e. The highest BCUT2D eigenvalue weighted by Gasteiger charge is 2.20. The van der Waals surface area contributed by atoms with Crippen LogP contribution in [0.4, 0.5) is 0 Å². The van der Waals surface area contributed by atoms with Crippen molar-refractivity contribution in [3.8, 4) is 0 Å². The zero-order chi connectivity index (χ0) is 59.9. The van der Waals surface area contributed by atoms with Gasteiger partial charge in [-0.05, 0) is 51.4 Å². The molecule has 0 rings (SSSR count). The van der Waals surface area contributed by atoms with Crippen molar-refractivity contribution in [2.75, 3.05) is 13.2 Å². The third-order valence-electron chi connectivity index (χ3n) is 17.5. The third-order valence-corrected chi connectivity index (χ3v) is 17.5. The summed E-state index contributed by atoms with van der Waals surface area (Å²) in [5.74, 6) is -0.835. The first-order valence-corrected chi connectivity index (χ1v) is 37.8. The lowest BCUT2D eigenvalue weighted by Gasteiger charge is -2.18. The van der Waals surface area contributed by atoms with Gasteiger partial charge >= 0.3 is 17.9 Å². The number of ether oxygens (including phenoxy) is 3. The van der Waals surface area contributed by atoms with Gasteiger partial charge in [-0.2, -0.15) is 0 Å². The van der Waals surface area contributed by atoms with Gasteiger partial charge in [-0.15, -0.1) is 0 Å². The number of carbonyl (C=O) groups excluding carboxylic acids is 3. The molecule has 0 aliphatic heterocycles. The number of hydrogen-bond acceptors (Lipinski definition) is 6. The fourth-order valence-electron chi connectivity index (χ4n) is 11.8. The highest BCUT2D eigenvalue weighted by molar-refractivity contribution is 5.71. The van der Waals surface area contributed by atoms with Gasteiger partial charge in [-0.3, -0.25) is 14.4 Å². The van der Waals surface area contributed by atoms with Crippen LogP contribution in [-0.4, -0.2) is 37.2 Å². The highest BCUT2D eigenvalue weighted by Crippen LogP contribution is 2.19. The molecule has 1 atom stereocenters. The predicted octanol–water partition coefficient (Wildman–Crippen LogP) is 26.1. The number of rotatable bonds is 71. The van der Waals surface area contributed by atoms with Crippen molar-refractivity contribution in [1.82, 2.24) is 0 Å². The first kappa shape index (κ1) is 80.9.